The standard InChI is InChI=1S/C23H25BrN4O3/c1-23(2,3)31-22(30)28-11-10-15(13-28)25-21-17-12-14(24)8-9-18(17)26-20(27-21)16-6-4-5-7-19(16)29/h4-9,12,15,29H,10-11,13H2,1-3H3,(H,25,26,27). The summed E-state index contributed by atoms with van der Waals surface area (Å²) in [5, 5.41) is 14.6. The maximum absolute atomic E-state index is 12.4. The van der Waals surface area contributed by atoms with Crippen molar-refractivity contribution in [1.82, 2.24) is 14.9 Å². The summed E-state index contributed by atoms with van der Waals surface area (Å²) < 4.78 is 6.42. The molecule has 1 atom stereocenters. The van der Waals surface area contributed by atoms with Crippen LogP contribution in [0, 0.1) is 0 Å². The van der Waals surface area contributed by atoms with Crippen LogP contribution in [0.25, 0.3) is 22.3 Å². The third kappa shape index (κ3) is 4.90. The van der Waals surface area contributed by atoms with Crippen molar-refractivity contribution in [1.29, 1.82) is 0 Å². The van der Waals surface area contributed by atoms with Gasteiger partial charge in [0, 0.05) is 29.0 Å². The van der Waals surface area contributed by atoms with Crippen LogP contribution in [0.3, 0.4) is 0 Å². The molecule has 1 aromatic heterocycles. The Morgan fingerprint density at radius 3 is 2.74 bits per heavy atom. The second-order valence-corrected chi connectivity index (χ2v) is 9.55. The highest BCUT2D eigenvalue weighted by atomic mass is 79.9. The summed E-state index contributed by atoms with van der Waals surface area (Å²) in [5.74, 6) is 1.24. The van der Waals surface area contributed by atoms with Gasteiger partial charge in [-0.1, -0.05) is 28.1 Å². The van der Waals surface area contributed by atoms with Gasteiger partial charge in [0.15, 0.2) is 5.82 Å². The fourth-order valence-electron chi connectivity index (χ4n) is 3.56. The van der Waals surface area contributed by atoms with Gasteiger partial charge in [-0.2, -0.15) is 0 Å². The van der Waals surface area contributed by atoms with Gasteiger partial charge in [0.05, 0.1) is 11.1 Å². The van der Waals surface area contributed by atoms with Crippen molar-refractivity contribution < 1.29 is 14.6 Å². The van der Waals surface area contributed by atoms with Crippen LogP contribution in [-0.4, -0.2) is 50.8 Å². The molecule has 1 amide bonds. The molecule has 1 aliphatic heterocycles. The molecular weight excluding hydrogens is 460 g/mol. The maximum Gasteiger partial charge on any atom is 0.410 e. The number of ether oxygens (including phenoxy) is 1. The van der Waals surface area contributed by atoms with Crippen LogP contribution >= 0.6 is 15.9 Å². The minimum absolute atomic E-state index is 0.0295. The average molecular weight is 485 g/mol. The van der Waals surface area contributed by atoms with E-state index in [0.29, 0.717) is 30.3 Å². The van der Waals surface area contributed by atoms with E-state index in [1.807, 2.05) is 45.0 Å². The van der Waals surface area contributed by atoms with Gasteiger partial charge in [-0.3, -0.25) is 0 Å². The lowest BCUT2D eigenvalue weighted by Crippen LogP contribution is -2.36. The molecule has 7 nitrogen and oxygen atoms in total. The Hall–Kier alpha value is -2.87. The van der Waals surface area contributed by atoms with E-state index in [-0.39, 0.29) is 17.9 Å². The summed E-state index contributed by atoms with van der Waals surface area (Å²) >= 11 is 3.52. The molecule has 0 radical (unpaired) electrons. The molecule has 1 unspecified atom stereocenters. The molecular formula is C23H25BrN4O3. The normalized spacial score (nSPS) is 16.5. The Labute approximate surface area is 189 Å². The molecule has 162 valence electrons. The monoisotopic (exact) mass is 484 g/mol. The number of anilines is 1. The van der Waals surface area contributed by atoms with E-state index in [9.17, 15) is 9.90 Å². The fraction of sp³-hybridized carbons (Fsp3) is 0.348. The van der Waals surface area contributed by atoms with Gasteiger partial charge >= 0.3 is 6.09 Å². The smallest absolute Gasteiger partial charge is 0.410 e. The third-order valence-corrected chi connectivity index (χ3v) is 5.48. The molecule has 0 bridgehead atoms. The van der Waals surface area contributed by atoms with Crippen LogP contribution in [0.5, 0.6) is 5.75 Å². The van der Waals surface area contributed by atoms with E-state index in [2.05, 4.69) is 26.2 Å². The highest BCUT2D eigenvalue weighted by molar-refractivity contribution is 9.10. The van der Waals surface area contributed by atoms with Crippen LogP contribution in [0.1, 0.15) is 27.2 Å². The SMILES string of the molecule is CC(C)(C)OC(=O)N1CCC(Nc2nc(-c3ccccc3O)nc3ccc(Br)cc23)C1. The number of carbonyl (C=O) groups excluding carboxylic acids is 1. The quantitative estimate of drug-likeness (QED) is 0.531. The van der Waals surface area contributed by atoms with Crippen molar-refractivity contribution in [2.45, 2.75) is 38.8 Å². The Bertz CT molecular complexity index is 1130. The molecule has 2 N–H and O–H groups in total. The number of nitrogens with zero attached hydrogens (tertiary/aromatic N) is 3. The van der Waals surface area contributed by atoms with Gasteiger partial charge in [-0.05, 0) is 57.5 Å². The summed E-state index contributed by atoms with van der Waals surface area (Å²) in [4.78, 5) is 23.5. The Morgan fingerprint density at radius 2 is 2.00 bits per heavy atom. The number of phenolic OH excluding ortho intramolecular Hbond substituents is 1. The van der Waals surface area contributed by atoms with E-state index in [0.717, 1.165) is 21.8 Å². The van der Waals surface area contributed by atoms with Crippen LogP contribution in [-0.2, 0) is 4.74 Å². The van der Waals surface area contributed by atoms with Crippen LogP contribution in [0.2, 0.25) is 0 Å². The number of amides is 1. The first kappa shape index (κ1) is 21.4. The van der Waals surface area contributed by atoms with E-state index < -0.39 is 5.60 Å². The zero-order valence-electron chi connectivity index (χ0n) is 17.7. The van der Waals surface area contributed by atoms with Crippen molar-refractivity contribution >= 4 is 38.7 Å². The summed E-state index contributed by atoms with van der Waals surface area (Å²) in [6.07, 6.45) is 0.479. The molecule has 0 spiro atoms. The van der Waals surface area contributed by atoms with Gasteiger partial charge in [0.1, 0.15) is 17.2 Å². The average Bonchev–Trinajstić information content (AvgIpc) is 3.16. The highest BCUT2D eigenvalue weighted by Crippen LogP contribution is 2.32. The van der Waals surface area contributed by atoms with Crippen molar-refractivity contribution in [3.8, 4) is 17.1 Å². The van der Waals surface area contributed by atoms with Gasteiger partial charge < -0.3 is 20.1 Å². The largest absolute Gasteiger partial charge is 0.507 e. The molecule has 1 aliphatic rings. The van der Waals surface area contributed by atoms with Crippen molar-refractivity contribution in [2.24, 2.45) is 0 Å². The first-order valence-corrected chi connectivity index (χ1v) is 11.0. The Kier molecular flexibility index (Phi) is 5.75. The van der Waals surface area contributed by atoms with E-state index in [1.54, 1.807) is 23.1 Å². The van der Waals surface area contributed by atoms with Crippen molar-refractivity contribution in [3.05, 3.63) is 46.9 Å². The van der Waals surface area contributed by atoms with Crippen LogP contribution in [0.15, 0.2) is 46.9 Å². The Balaban J connectivity index is 1.63. The van der Waals surface area contributed by atoms with Gasteiger partial charge in [-0.25, -0.2) is 14.8 Å². The van der Waals surface area contributed by atoms with E-state index >= 15 is 0 Å². The molecule has 31 heavy (non-hydrogen) atoms. The number of carbonyl (C=O) groups is 1. The first-order chi connectivity index (χ1) is 14.7. The Morgan fingerprint density at radius 1 is 1.23 bits per heavy atom. The molecule has 3 aromatic rings. The molecule has 2 aromatic carbocycles. The number of benzene rings is 2. The number of aromatic hydroxyl groups is 1. The number of hydrogen-bond donors (Lipinski definition) is 2. The lowest BCUT2D eigenvalue weighted by atomic mass is 10.1. The number of para-hydroxylation sites is 1. The lowest BCUT2D eigenvalue weighted by molar-refractivity contribution is 0.0293. The number of halogens is 1. The third-order valence-electron chi connectivity index (χ3n) is 4.98. The number of fused-ring (bicyclic) bond motifs is 1. The highest BCUT2D eigenvalue weighted by Gasteiger charge is 2.30. The number of likely N-dealkylation sites (tertiary alicyclic amines) is 1. The number of hydrogen-bond acceptors (Lipinski definition) is 6. The fourth-order valence-corrected chi connectivity index (χ4v) is 3.92. The topological polar surface area (TPSA) is 87.6 Å². The summed E-state index contributed by atoms with van der Waals surface area (Å²) in [6, 6.07) is 12.8. The zero-order chi connectivity index (χ0) is 22.2. The second-order valence-electron chi connectivity index (χ2n) is 8.63. The molecule has 0 saturated carbocycles. The van der Waals surface area contributed by atoms with Gasteiger partial charge in [-0.15, -0.1) is 0 Å². The first-order valence-electron chi connectivity index (χ1n) is 10.2. The molecule has 1 saturated heterocycles. The lowest BCUT2D eigenvalue weighted by Gasteiger charge is -2.24. The van der Waals surface area contributed by atoms with E-state index in [4.69, 9.17) is 9.72 Å². The predicted octanol–water partition coefficient (Wildman–Crippen LogP) is 5.19. The van der Waals surface area contributed by atoms with Gasteiger partial charge in [0.2, 0.25) is 0 Å². The summed E-state index contributed by atoms with van der Waals surface area (Å²) in [6.45, 7) is 6.73. The molecule has 0 aliphatic carbocycles. The van der Waals surface area contributed by atoms with Gasteiger partial charge in [0.25, 0.3) is 0 Å². The van der Waals surface area contributed by atoms with Crippen molar-refractivity contribution in [2.75, 3.05) is 18.4 Å². The zero-order valence-corrected chi connectivity index (χ0v) is 19.3. The number of phenols is 1. The minimum atomic E-state index is -0.523. The van der Waals surface area contributed by atoms with Crippen LogP contribution < -0.4 is 5.32 Å². The second kappa shape index (κ2) is 8.34. The molecule has 2 heterocycles. The van der Waals surface area contributed by atoms with Crippen molar-refractivity contribution in [3.63, 3.8) is 0 Å². The number of nitrogens with one attached hydrogen (secondary N) is 1. The van der Waals surface area contributed by atoms with Crippen LogP contribution in [0.4, 0.5) is 10.6 Å². The number of rotatable bonds is 3. The summed E-state index contributed by atoms with van der Waals surface area (Å²) in [7, 11) is 0. The predicted molar refractivity (Wildman–Crippen MR) is 124 cm³/mol. The molecule has 1 fully saturated rings. The molecule has 8 heteroatoms. The molecule has 4 rings (SSSR count). The maximum atomic E-state index is 12.4. The number of aromatic nitrogens is 2. The van der Waals surface area contributed by atoms with E-state index in [1.165, 1.54) is 0 Å². The minimum Gasteiger partial charge on any atom is -0.507 e. The summed E-state index contributed by atoms with van der Waals surface area (Å²) in [5.41, 5.74) is 0.808.